The highest BCUT2D eigenvalue weighted by atomic mass is 32.2. The quantitative estimate of drug-likeness (QED) is 0.154. The van der Waals surface area contributed by atoms with Crippen molar-refractivity contribution in [3.8, 4) is 0 Å². The summed E-state index contributed by atoms with van der Waals surface area (Å²) in [5, 5.41) is 17.8. The number of nitrogens with zero attached hydrogens (tertiary/aromatic N) is 5. The lowest BCUT2D eigenvalue weighted by molar-refractivity contribution is -0.688. The van der Waals surface area contributed by atoms with Gasteiger partial charge in [0.2, 0.25) is 11.5 Å². The number of fused-ring (bicyclic) bond motifs is 1. The van der Waals surface area contributed by atoms with Crippen LogP contribution in [0, 0.1) is 0 Å². The van der Waals surface area contributed by atoms with E-state index in [1.54, 1.807) is 36.0 Å². The van der Waals surface area contributed by atoms with Gasteiger partial charge in [-0.05, 0) is 13.0 Å². The molecule has 4 heterocycles. The maximum Gasteiger partial charge on any atom is 0.278 e. The van der Waals surface area contributed by atoms with Crippen LogP contribution in [0.2, 0.25) is 0 Å². The Morgan fingerprint density at radius 2 is 2.24 bits per heavy atom. The molecule has 0 radical (unpaired) electrons. The van der Waals surface area contributed by atoms with Gasteiger partial charge in [-0.1, -0.05) is 5.16 Å². The number of carbonyl (C=O) groups excluding carboxylic acids is 3. The van der Waals surface area contributed by atoms with E-state index in [-0.39, 0.29) is 35.5 Å². The molecule has 2 aromatic rings. The second-order valence-electron chi connectivity index (χ2n) is 7.22. The van der Waals surface area contributed by atoms with E-state index < -0.39 is 29.2 Å². The van der Waals surface area contributed by atoms with Crippen molar-refractivity contribution in [1.29, 1.82) is 0 Å². The number of thioether (sulfide) groups is 1. The summed E-state index contributed by atoms with van der Waals surface area (Å²) in [5.74, 6) is -2.52. The Morgan fingerprint density at radius 1 is 1.44 bits per heavy atom. The van der Waals surface area contributed by atoms with Crippen LogP contribution in [0.1, 0.15) is 12.7 Å². The van der Waals surface area contributed by atoms with Crippen molar-refractivity contribution in [3.63, 3.8) is 0 Å². The summed E-state index contributed by atoms with van der Waals surface area (Å²) in [6, 6.07) is 2.47. The molecule has 1 fully saturated rings. The zero-order valence-electron chi connectivity index (χ0n) is 17.8. The topological polar surface area (TPSA) is 193 Å². The van der Waals surface area contributed by atoms with Crippen molar-refractivity contribution >= 4 is 57.6 Å². The fourth-order valence-electron chi connectivity index (χ4n) is 3.51. The third kappa shape index (κ3) is 4.51. The van der Waals surface area contributed by atoms with Gasteiger partial charge in [-0.3, -0.25) is 14.5 Å². The van der Waals surface area contributed by atoms with Crippen LogP contribution in [0.5, 0.6) is 0 Å². The molecule has 15 heteroatoms. The average molecular weight is 505 g/mol. The molecule has 34 heavy (non-hydrogen) atoms. The van der Waals surface area contributed by atoms with Gasteiger partial charge >= 0.3 is 0 Å². The minimum atomic E-state index is -1.47. The minimum absolute atomic E-state index is 0.0369. The highest BCUT2D eigenvalue weighted by molar-refractivity contribution is 8.00. The molecular formula is C19H20N8O5S2. The zero-order chi connectivity index (χ0) is 24.4. The summed E-state index contributed by atoms with van der Waals surface area (Å²) in [4.78, 5) is 47.8. The molecule has 0 aliphatic carbocycles. The maximum absolute atomic E-state index is 12.9. The number of nitrogens with one attached hydrogen (secondary N) is 1. The predicted octanol–water partition coefficient (Wildman–Crippen LogP) is -2.17. The second-order valence-corrected chi connectivity index (χ2v) is 9.11. The first-order valence-electron chi connectivity index (χ1n) is 10.0. The molecule has 1 saturated heterocycles. The van der Waals surface area contributed by atoms with Gasteiger partial charge in [0.15, 0.2) is 24.1 Å². The van der Waals surface area contributed by atoms with Gasteiger partial charge < -0.3 is 31.5 Å². The number of carboxylic acid groups (broad SMARTS) is 1. The number of carbonyl (C=O) groups is 3. The SMILES string of the molecule is CCO/N=C(\C(=O)NC1C(=O)N2C(C(=O)[O-])=C(C[n+]3cccc(N)c3)CS[C@H]12)c1nsc(N)n1. The molecule has 0 saturated carbocycles. The number of β-lactam (4-membered cyclic amide) rings is 1. The molecular weight excluding hydrogens is 484 g/mol. The maximum atomic E-state index is 12.9. The van der Waals surface area contributed by atoms with Crippen molar-refractivity contribution < 1.29 is 28.9 Å². The van der Waals surface area contributed by atoms with E-state index in [0.717, 1.165) is 16.4 Å². The fourth-order valence-corrected chi connectivity index (χ4v) is 5.28. The van der Waals surface area contributed by atoms with Gasteiger partial charge in [0.05, 0.1) is 17.4 Å². The van der Waals surface area contributed by atoms with E-state index in [4.69, 9.17) is 16.3 Å². The Kier molecular flexibility index (Phi) is 6.65. The first-order chi connectivity index (χ1) is 16.3. The van der Waals surface area contributed by atoms with Crippen LogP contribution >= 0.6 is 23.3 Å². The largest absolute Gasteiger partial charge is 0.543 e. The summed E-state index contributed by atoms with van der Waals surface area (Å²) in [6.07, 6.45) is 3.41. The van der Waals surface area contributed by atoms with E-state index in [2.05, 4.69) is 19.8 Å². The number of rotatable bonds is 8. The molecule has 13 nitrogen and oxygen atoms in total. The predicted molar refractivity (Wildman–Crippen MR) is 121 cm³/mol. The van der Waals surface area contributed by atoms with Gasteiger partial charge in [-0.15, -0.1) is 11.8 Å². The summed E-state index contributed by atoms with van der Waals surface area (Å²) in [7, 11) is 0. The monoisotopic (exact) mass is 504 g/mol. The minimum Gasteiger partial charge on any atom is -0.543 e. The van der Waals surface area contributed by atoms with Crippen molar-refractivity contribution in [2.45, 2.75) is 24.9 Å². The molecule has 2 amide bonds. The Morgan fingerprint density at radius 3 is 2.88 bits per heavy atom. The number of anilines is 2. The van der Waals surface area contributed by atoms with Crippen LogP contribution in [0.15, 0.2) is 41.0 Å². The Balaban J connectivity index is 1.53. The number of nitrogen functional groups attached to an aromatic ring is 2. The Labute approximate surface area is 201 Å². The van der Waals surface area contributed by atoms with Crippen LogP contribution in [-0.4, -0.2) is 61.5 Å². The Hall–Kier alpha value is -3.72. The number of oxime groups is 1. The van der Waals surface area contributed by atoms with E-state index in [1.807, 2.05) is 0 Å². The van der Waals surface area contributed by atoms with E-state index >= 15 is 0 Å². The second kappa shape index (κ2) is 9.64. The zero-order valence-corrected chi connectivity index (χ0v) is 19.5. The molecule has 2 aliphatic rings. The van der Waals surface area contributed by atoms with Gasteiger partial charge in [0, 0.05) is 28.9 Å². The number of hydrogen-bond donors (Lipinski definition) is 3. The highest BCUT2D eigenvalue weighted by Crippen LogP contribution is 2.40. The highest BCUT2D eigenvalue weighted by Gasteiger charge is 2.53. The fraction of sp³-hybridized carbons (Fsp3) is 0.316. The summed E-state index contributed by atoms with van der Waals surface area (Å²) < 4.78 is 5.68. The van der Waals surface area contributed by atoms with Crippen molar-refractivity contribution in [3.05, 3.63) is 41.6 Å². The van der Waals surface area contributed by atoms with Crippen molar-refractivity contribution in [1.82, 2.24) is 19.6 Å². The molecule has 0 aromatic carbocycles. The number of nitrogens with two attached hydrogens (primary N) is 2. The van der Waals surface area contributed by atoms with Crippen LogP contribution in [0.25, 0.3) is 0 Å². The summed E-state index contributed by atoms with van der Waals surface area (Å²) in [5.41, 5.74) is 12.0. The molecule has 2 atom stereocenters. The van der Waals surface area contributed by atoms with E-state index in [0.29, 0.717) is 17.0 Å². The summed E-state index contributed by atoms with van der Waals surface area (Å²) >= 11 is 2.20. The number of pyridine rings is 1. The van der Waals surface area contributed by atoms with Gasteiger partial charge in [-0.2, -0.15) is 13.9 Å². The lowest BCUT2D eigenvalue weighted by Gasteiger charge is -2.50. The van der Waals surface area contributed by atoms with Crippen LogP contribution in [-0.2, 0) is 25.8 Å². The van der Waals surface area contributed by atoms with Gasteiger partial charge in [0.25, 0.3) is 11.8 Å². The molecule has 1 unspecified atom stereocenters. The van der Waals surface area contributed by atoms with Gasteiger partial charge in [-0.25, -0.2) is 0 Å². The Bertz CT molecular complexity index is 1210. The lowest BCUT2D eigenvalue weighted by atomic mass is 10.0. The lowest BCUT2D eigenvalue weighted by Crippen LogP contribution is -2.71. The molecule has 5 N–H and O–H groups in total. The normalized spacial score (nSPS) is 20.0. The third-order valence-electron chi connectivity index (χ3n) is 4.94. The van der Waals surface area contributed by atoms with Crippen LogP contribution in [0.4, 0.5) is 10.8 Å². The third-order valence-corrected chi connectivity index (χ3v) is 6.82. The molecule has 2 aliphatic heterocycles. The molecule has 0 bridgehead atoms. The van der Waals surface area contributed by atoms with Crippen LogP contribution < -0.4 is 26.5 Å². The number of amides is 2. The number of carboxylic acids is 1. The van der Waals surface area contributed by atoms with Crippen molar-refractivity contribution in [2.24, 2.45) is 5.16 Å². The number of aliphatic carboxylic acids is 1. The van der Waals surface area contributed by atoms with Crippen molar-refractivity contribution in [2.75, 3.05) is 23.8 Å². The molecule has 4 rings (SSSR count). The standard InChI is InChI=1S/C19H20N8O5S2/c1-2-32-24-11(14-23-19(21)34-25-14)15(28)22-12-16(29)27-13(18(30)31)9(8-33-17(12)27)6-26-5-3-4-10(20)7-26/h3-5,7,12,17H,2,6,8,20H2,1H3,(H3-,21,22,23,25,28,30,31)/b24-11-/t12?,17-/m1/s1. The first kappa shape index (κ1) is 23.4. The summed E-state index contributed by atoms with van der Waals surface area (Å²) in [6.45, 7) is 2.09. The number of aromatic nitrogens is 3. The molecule has 2 aromatic heterocycles. The van der Waals surface area contributed by atoms with E-state index in [1.165, 1.54) is 11.8 Å². The number of hydrogen-bond acceptors (Lipinski definition) is 12. The smallest absolute Gasteiger partial charge is 0.278 e. The molecule has 0 spiro atoms. The van der Waals surface area contributed by atoms with Crippen LogP contribution in [0.3, 0.4) is 0 Å². The first-order valence-corrected chi connectivity index (χ1v) is 11.8. The van der Waals surface area contributed by atoms with E-state index in [9.17, 15) is 19.5 Å². The average Bonchev–Trinajstić information content (AvgIpc) is 3.23. The van der Waals surface area contributed by atoms with Gasteiger partial charge in [0.1, 0.15) is 18.0 Å². The molecule has 178 valence electrons.